The second-order valence-electron chi connectivity index (χ2n) is 5.75. The number of hydrogen-bond donors (Lipinski definition) is 2. The highest BCUT2D eigenvalue weighted by atomic mass is 16.5. The number of hydrogen-bond acceptors (Lipinski definition) is 5. The highest BCUT2D eigenvalue weighted by Crippen LogP contribution is 2.37. The fraction of sp³-hybridized carbons (Fsp3) is 0.533. The zero-order valence-electron chi connectivity index (χ0n) is 12.6. The van der Waals surface area contributed by atoms with Crippen LogP contribution in [0.25, 0.3) is 11.0 Å². The summed E-state index contributed by atoms with van der Waals surface area (Å²) in [6.07, 6.45) is 5.13. The first-order valence-electron chi connectivity index (χ1n) is 7.42. The molecule has 1 aliphatic heterocycles. The van der Waals surface area contributed by atoms with E-state index >= 15 is 0 Å². The molecule has 0 radical (unpaired) electrons. The number of carbonyl (C=O) groups is 1. The average Bonchev–Trinajstić information content (AvgIpc) is 3.02. The lowest BCUT2D eigenvalue weighted by molar-refractivity contribution is -0.151. The first kappa shape index (κ1) is 14.8. The third-order valence-electron chi connectivity index (χ3n) is 4.59. The Morgan fingerprint density at radius 1 is 1.45 bits per heavy atom. The summed E-state index contributed by atoms with van der Waals surface area (Å²) >= 11 is 0. The van der Waals surface area contributed by atoms with E-state index in [9.17, 15) is 9.90 Å². The monoisotopic (exact) mass is 304 g/mol. The Hall–Kier alpha value is -2.15. The molecule has 0 atom stereocenters. The molecule has 1 saturated heterocycles. The smallest absolute Gasteiger partial charge is 0.309 e. The molecule has 1 aliphatic rings. The van der Waals surface area contributed by atoms with Crippen molar-refractivity contribution in [3.05, 3.63) is 18.6 Å². The molecule has 0 unspecified atom stereocenters. The molecule has 0 amide bonds. The number of nitrogens with one attached hydrogen (secondary N) is 1. The molecule has 0 aromatic carbocycles. The van der Waals surface area contributed by atoms with Crippen molar-refractivity contribution in [2.45, 2.75) is 19.3 Å². The van der Waals surface area contributed by atoms with Gasteiger partial charge in [-0.1, -0.05) is 0 Å². The zero-order valence-corrected chi connectivity index (χ0v) is 12.6. The number of aliphatic carboxylic acids is 1. The number of carboxylic acid groups (broad SMARTS) is 1. The van der Waals surface area contributed by atoms with Crippen molar-refractivity contribution in [3.63, 3.8) is 0 Å². The number of aromatic amines is 1. The molecule has 2 aromatic rings. The van der Waals surface area contributed by atoms with Gasteiger partial charge in [-0.15, -0.1) is 0 Å². The number of rotatable bonds is 5. The summed E-state index contributed by atoms with van der Waals surface area (Å²) < 4.78 is 5.08. The van der Waals surface area contributed by atoms with Crippen molar-refractivity contribution in [2.24, 2.45) is 5.41 Å². The predicted molar refractivity (Wildman–Crippen MR) is 81.9 cm³/mol. The number of ether oxygens (including phenoxy) is 1. The second kappa shape index (κ2) is 5.92. The minimum Gasteiger partial charge on any atom is -0.481 e. The van der Waals surface area contributed by atoms with Gasteiger partial charge < -0.3 is 19.7 Å². The Labute approximate surface area is 128 Å². The summed E-state index contributed by atoms with van der Waals surface area (Å²) in [6, 6.07) is 1.95. The number of anilines is 1. The number of fused-ring (bicyclic) bond motifs is 1. The van der Waals surface area contributed by atoms with Crippen LogP contribution >= 0.6 is 0 Å². The third-order valence-corrected chi connectivity index (χ3v) is 4.59. The molecule has 2 aromatic heterocycles. The Morgan fingerprint density at radius 2 is 2.23 bits per heavy atom. The molecule has 0 aliphatic carbocycles. The Kier molecular flexibility index (Phi) is 3.98. The van der Waals surface area contributed by atoms with Crippen LogP contribution < -0.4 is 4.90 Å². The van der Waals surface area contributed by atoms with Crippen LogP contribution in [0.1, 0.15) is 19.3 Å². The van der Waals surface area contributed by atoms with Crippen LogP contribution in [0.3, 0.4) is 0 Å². The summed E-state index contributed by atoms with van der Waals surface area (Å²) in [5.74, 6) is 0.149. The number of aromatic nitrogens is 3. The van der Waals surface area contributed by atoms with E-state index in [1.54, 1.807) is 7.11 Å². The SMILES string of the molecule is COCCC1(C(=O)O)CCN(c2ncnc3[nH]ccc23)CC1. The van der Waals surface area contributed by atoms with Crippen LogP contribution in [0.4, 0.5) is 5.82 Å². The molecule has 1 fully saturated rings. The minimum atomic E-state index is -0.723. The van der Waals surface area contributed by atoms with E-state index in [1.165, 1.54) is 6.33 Å². The number of piperidine rings is 1. The average molecular weight is 304 g/mol. The zero-order chi connectivity index (χ0) is 15.6. The molecule has 3 heterocycles. The number of nitrogens with zero attached hydrogens (tertiary/aromatic N) is 3. The van der Waals surface area contributed by atoms with Crippen LogP contribution in [0.5, 0.6) is 0 Å². The van der Waals surface area contributed by atoms with E-state index in [0.29, 0.717) is 39.0 Å². The lowest BCUT2D eigenvalue weighted by Crippen LogP contribution is -2.45. The maximum atomic E-state index is 11.7. The van der Waals surface area contributed by atoms with Crippen molar-refractivity contribution in [1.29, 1.82) is 0 Å². The van der Waals surface area contributed by atoms with Gasteiger partial charge in [0, 0.05) is 33.0 Å². The predicted octanol–water partition coefficient (Wildman–Crippen LogP) is 1.67. The summed E-state index contributed by atoms with van der Waals surface area (Å²) in [5.41, 5.74) is 0.121. The summed E-state index contributed by atoms with van der Waals surface area (Å²) in [5, 5.41) is 10.6. The highest BCUT2D eigenvalue weighted by Gasteiger charge is 2.41. The van der Waals surface area contributed by atoms with E-state index in [4.69, 9.17) is 4.74 Å². The standard InChI is InChI=1S/C15H20N4O3/c1-22-9-5-15(14(20)21)3-7-19(8-4-15)13-11-2-6-16-12(11)17-10-18-13/h2,6,10H,3-5,7-9H2,1H3,(H,20,21)(H,16,17,18). The summed E-state index contributed by atoms with van der Waals surface area (Å²) in [6.45, 7) is 1.82. The molecule has 3 rings (SSSR count). The largest absolute Gasteiger partial charge is 0.481 e. The van der Waals surface area contributed by atoms with Crippen LogP contribution in [0, 0.1) is 5.41 Å². The van der Waals surface area contributed by atoms with Crippen molar-refractivity contribution < 1.29 is 14.6 Å². The van der Waals surface area contributed by atoms with Gasteiger partial charge >= 0.3 is 5.97 Å². The lowest BCUT2D eigenvalue weighted by atomic mass is 9.76. The van der Waals surface area contributed by atoms with Crippen LogP contribution in [0.15, 0.2) is 18.6 Å². The van der Waals surface area contributed by atoms with Crippen molar-refractivity contribution in [2.75, 3.05) is 31.7 Å². The van der Waals surface area contributed by atoms with Gasteiger partial charge in [-0.05, 0) is 25.3 Å². The van der Waals surface area contributed by atoms with Gasteiger partial charge in [-0.3, -0.25) is 4.79 Å². The summed E-state index contributed by atoms with van der Waals surface area (Å²) in [7, 11) is 1.61. The first-order chi connectivity index (χ1) is 10.7. The summed E-state index contributed by atoms with van der Waals surface area (Å²) in [4.78, 5) is 25.5. The van der Waals surface area contributed by atoms with Gasteiger partial charge in [0.15, 0.2) is 0 Å². The van der Waals surface area contributed by atoms with Gasteiger partial charge in [-0.25, -0.2) is 9.97 Å². The van der Waals surface area contributed by atoms with E-state index in [0.717, 1.165) is 16.9 Å². The molecular weight excluding hydrogens is 284 g/mol. The third kappa shape index (κ3) is 2.52. The molecule has 22 heavy (non-hydrogen) atoms. The Bertz CT molecular complexity index is 662. The highest BCUT2D eigenvalue weighted by molar-refractivity contribution is 5.87. The molecule has 118 valence electrons. The van der Waals surface area contributed by atoms with E-state index < -0.39 is 11.4 Å². The topological polar surface area (TPSA) is 91.3 Å². The first-order valence-corrected chi connectivity index (χ1v) is 7.42. The van der Waals surface area contributed by atoms with Crippen LogP contribution in [-0.4, -0.2) is 52.8 Å². The van der Waals surface area contributed by atoms with Gasteiger partial charge in [0.1, 0.15) is 17.8 Å². The molecule has 2 N–H and O–H groups in total. The molecule has 0 spiro atoms. The van der Waals surface area contributed by atoms with Crippen LogP contribution in [0.2, 0.25) is 0 Å². The minimum absolute atomic E-state index is 0.474. The lowest BCUT2D eigenvalue weighted by Gasteiger charge is -2.39. The normalized spacial score (nSPS) is 17.8. The van der Waals surface area contributed by atoms with E-state index in [2.05, 4.69) is 19.9 Å². The molecular formula is C15H20N4O3. The Balaban J connectivity index is 1.78. The van der Waals surface area contributed by atoms with Gasteiger partial charge in [0.05, 0.1) is 10.8 Å². The van der Waals surface area contributed by atoms with E-state index in [1.807, 2.05) is 12.3 Å². The fourth-order valence-electron chi connectivity index (χ4n) is 3.13. The molecule has 7 nitrogen and oxygen atoms in total. The van der Waals surface area contributed by atoms with Gasteiger partial charge in [-0.2, -0.15) is 0 Å². The maximum absolute atomic E-state index is 11.7. The Morgan fingerprint density at radius 3 is 2.91 bits per heavy atom. The van der Waals surface area contributed by atoms with E-state index in [-0.39, 0.29) is 0 Å². The number of H-pyrrole nitrogens is 1. The molecule has 0 bridgehead atoms. The molecule has 0 saturated carbocycles. The fourth-order valence-corrected chi connectivity index (χ4v) is 3.13. The number of methoxy groups -OCH3 is 1. The van der Waals surface area contributed by atoms with Crippen molar-refractivity contribution in [3.8, 4) is 0 Å². The van der Waals surface area contributed by atoms with Crippen molar-refractivity contribution >= 4 is 22.8 Å². The molecule has 7 heteroatoms. The quantitative estimate of drug-likeness (QED) is 0.873. The van der Waals surface area contributed by atoms with Gasteiger partial charge in [0.2, 0.25) is 0 Å². The maximum Gasteiger partial charge on any atom is 0.309 e. The number of carboxylic acids is 1. The van der Waals surface area contributed by atoms with Crippen LogP contribution in [-0.2, 0) is 9.53 Å². The van der Waals surface area contributed by atoms with Gasteiger partial charge in [0.25, 0.3) is 0 Å². The second-order valence-corrected chi connectivity index (χ2v) is 5.75. The van der Waals surface area contributed by atoms with Crippen molar-refractivity contribution in [1.82, 2.24) is 15.0 Å².